The number of hydrogen-bond donors (Lipinski definition) is 1. The van der Waals surface area contributed by atoms with Crippen molar-refractivity contribution >= 4 is 17.7 Å². The first-order chi connectivity index (χ1) is 9.29. The molecule has 0 radical (unpaired) electrons. The molecule has 1 aliphatic rings. The number of hydrogen-bond acceptors (Lipinski definition) is 3. The molecule has 1 heterocycles. The summed E-state index contributed by atoms with van der Waals surface area (Å²) in [5, 5.41) is 0. The second-order valence-corrected chi connectivity index (χ2v) is 6.72. The first-order valence-corrected chi connectivity index (χ1v) is 9.03. The van der Waals surface area contributed by atoms with Gasteiger partial charge in [0.2, 0.25) is 5.91 Å². The predicted octanol–water partition coefficient (Wildman–Crippen LogP) is 3.03. The SMILES string of the molecule is NC(=O)CCCCCCCCCCN1CCSCC1. The molecule has 112 valence electrons. The molecule has 0 spiro atoms. The van der Waals surface area contributed by atoms with Crippen molar-refractivity contribution in [1.82, 2.24) is 4.90 Å². The molecule has 0 aromatic rings. The van der Waals surface area contributed by atoms with E-state index < -0.39 is 0 Å². The number of carbonyl (C=O) groups is 1. The van der Waals surface area contributed by atoms with Crippen LogP contribution in [0.3, 0.4) is 0 Å². The van der Waals surface area contributed by atoms with Crippen LogP contribution in [0.15, 0.2) is 0 Å². The molecule has 0 bridgehead atoms. The maximum absolute atomic E-state index is 10.6. The molecule has 3 nitrogen and oxygen atoms in total. The van der Waals surface area contributed by atoms with E-state index in [1.807, 2.05) is 0 Å². The molecule has 0 unspecified atom stereocenters. The molecule has 1 amide bonds. The maximum atomic E-state index is 10.6. The second-order valence-electron chi connectivity index (χ2n) is 5.50. The Bertz CT molecular complexity index is 230. The smallest absolute Gasteiger partial charge is 0.217 e. The Balaban J connectivity index is 1.74. The monoisotopic (exact) mass is 286 g/mol. The Kier molecular flexibility index (Phi) is 10.3. The summed E-state index contributed by atoms with van der Waals surface area (Å²) in [4.78, 5) is 13.2. The Labute approximate surface area is 122 Å². The van der Waals surface area contributed by atoms with Gasteiger partial charge < -0.3 is 10.6 Å². The summed E-state index contributed by atoms with van der Waals surface area (Å²) < 4.78 is 0. The highest BCUT2D eigenvalue weighted by molar-refractivity contribution is 7.99. The Morgan fingerprint density at radius 3 is 2.00 bits per heavy atom. The minimum atomic E-state index is -0.156. The van der Waals surface area contributed by atoms with Crippen LogP contribution >= 0.6 is 11.8 Å². The molecule has 2 N–H and O–H groups in total. The Morgan fingerprint density at radius 2 is 1.42 bits per heavy atom. The summed E-state index contributed by atoms with van der Waals surface area (Å²) in [5.74, 6) is 2.49. The van der Waals surface area contributed by atoms with E-state index >= 15 is 0 Å². The summed E-state index contributed by atoms with van der Waals surface area (Å²) in [7, 11) is 0. The highest BCUT2D eigenvalue weighted by Crippen LogP contribution is 2.12. The fraction of sp³-hybridized carbons (Fsp3) is 0.933. The summed E-state index contributed by atoms with van der Waals surface area (Å²) in [6.07, 6.45) is 10.8. The van der Waals surface area contributed by atoms with Crippen molar-refractivity contribution in [2.75, 3.05) is 31.1 Å². The van der Waals surface area contributed by atoms with Crippen LogP contribution in [-0.2, 0) is 4.79 Å². The van der Waals surface area contributed by atoms with E-state index in [1.54, 1.807) is 0 Å². The molecule has 1 rings (SSSR count). The average Bonchev–Trinajstić information content (AvgIpc) is 2.42. The first-order valence-electron chi connectivity index (χ1n) is 7.87. The number of carbonyl (C=O) groups excluding carboxylic acids is 1. The predicted molar refractivity (Wildman–Crippen MR) is 84.5 cm³/mol. The van der Waals surface area contributed by atoms with E-state index in [9.17, 15) is 4.79 Å². The molecule has 1 fully saturated rings. The normalized spacial score (nSPS) is 16.6. The number of unbranched alkanes of at least 4 members (excludes halogenated alkanes) is 7. The largest absolute Gasteiger partial charge is 0.370 e. The zero-order valence-corrected chi connectivity index (χ0v) is 13.1. The molecule has 1 aliphatic heterocycles. The number of nitrogens with zero attached hydrogens (tertiary/aromatic N) is 1. The lowest BCUT2D eigenvalue weighted by molar-refractivity contribution is -0.118. The highest BCUT2D eigenvalue weighted by Gasteiger charge is 2.08. The number of thioether (sulfide) groups is 1. The number of rotatable bonds is 11. The van der Waals surface area contributed by atoms with Crippen LogP contribution in [0, 0.1) is 0 Å². The zero-order valence-electron chi connectivity index (χ0n) is 12.2. The quantitative estimate of drug-likeness (QED) is 0.594. The molecule has 1 saturated heterocycles. The third-order valence-electron chi connectivity index (χ3n) is 3.75. The van der Waals surface area contributed by atoms with Gasteiger partial charge in [0.05, 0.1) is 0 Å². The lowest BCUT2D eigenvalue weighted by Gasteiger charge is -2.25. The van der Waals surface area contributed by atoms with E-state index in [2.05, 4.69) is 16.7 Å². The summed E-state index contributed by atoms with van der Waals surface area (Å²) in [6.45, 7) is 3.90. The topological polar surface area (TPSA) is 46.3 Å². The van der Waals surface area contributed by atoms with Crippen molar-refractivity contribution in [2.45, 2.75) is 57.8 Å². The van der Waals surface area contributed by atoms with Gasteiger partial charge in [-0.1, -0.05) is 38.5 Å². The van der Waals surface area contributed by atoms with Crippen molar-refractivity contribution < 1.29 is 4.79 Å². The average molecular weight is 286 g/mol. The van der Waals surface area contributed by atoms with Crippen molar-refractivity contribution in [1.29, 1.82) is 0 Å². The van der Waals surface area contributed by atoms with Crippen LogP contribution in [0.25, 0.3) is 0 Å². The van der Waals surface area contributed by atoms with Crippen molar-refractivity contribution in [3.63, 3.8) is 0 Å². The lowest BCUT2D eigenvalue weighted by atomic mass is 10.1. The number of primary amides is 1. The number of amides is 1. The molecular weight excluding hydrogens is 256 g/mol. The van der Waals surface area contributed by atoms with Gasteiger partial charge in [-0.25, -0.2) is 0 Å². The van der Waals surface area contributed by atoms with Gasteiger partial charge in [-0.05, 0) is 19.4 Å². The van der Waals surface area contributed by atoms with E-state index in [1.165, 1.54) is 69.7 Å². The van der Waals surface area contributed by atoms with Crippen LogP contribution in [0.5, 0.6) is 0 Å². The summed E-state index contributed by atoms with van der Waals surface area (Å²) in [5.41, 5.74) is 5.11. The van der Waals surface area contributed by atoms with Gasteiger partial charge in [-0.3, -0.25) is 4.79 Å². The standard InChI is InChI=1S/C15H30N2OS/c16-15(18)9-7-5-3-1-2-4-6-8-10-17-11-13-19-14-12-17/h1-14H2,(H2,16,18). The third-order valence-corrected chi connectivity index (χ3v) is 4.69. The van der Waals surface area contributed by atoms with Crippen molar-refractivity contribution in [2.24, 2.45) is 5.73 Å². The summed E-state index contributed by atoms with van der Waals surface area (Å²) in [6, 6.07) is 0. The van der Waals surface area contributed by atoms with E-state index in [0.717, 1.165) is 12.8 Å². The van der Waals surface area contributed by atoms with Crippen molar-refractivity contribution in [3.8, 4) is 0 Å². The van der Waals surface area contributed by atoms with Gasteiger partial charge in [0.15, 0.2) is 0 Å². The van der Waals surface area contributed by atoms with Gasteiger partial charge in [0.25, 0.3) is 0 Å². The molecule has 0 aliphatic carbocycles. The van der Waals surface area contributed by atoms with Gasteiger partial charge in [0.1, 0.15) is 0 Å². The van der Waals surface area contributed by atoms with Gasteiger partial charge >= 0.3 is 0 Å². The summed E-state index contributed by atoms with van der Waals surface area (Å²) >= 11 is 2.09. The minimum Gasteiger partial charge on any atom is -0.370 e. The lowest BCUT2D eigenvalue weighted by Crippen LogP contribution is -2.33. The molecule has 0 aromatic heterocycles. The van der Waals surface area contributed by atoms with E-state index in [4.69, 9.17) is 5.73 Å². The van der Waals surface area contributed by atoms with E-state index in [-0.39, 0.29) is 5.91 Å². The van der Waals surface area contributed by atoms with Crippen LogP contribution in [-0.4, -0.2) is 41.9 Å². The maximum Gasteiger partial charge on any atom is 0.217 e. The zero-order chi connectivity index (χ0) is 13.8. The molecule has 4 heteroatoms. The van der Waals surface area contributed by atoms with E-state index in [0.29, 0.717) is 6.42 Å². The van der Waals surface area contributed by atoms with Crippen molar-refractivity contribution in [3.05, 3.63) is 0 Å². The number of nitrogens with two attached hydrogens (primary N) is 1. The van der Waals surface area contributed by atoms with Gasteiger partial charge in [0, 0.05) is 31.0 Å². The molecule has 0 atom stereocenters. The molecular formula is C15H30N2OS. The van der Waals surface area contributed by atoms with Gasteiger partial charge in [-0.2, -0.15) is 11.8 Å². The third kappa shape index (κ3) is 10.3. The first kappa shape index (κ1) is 16.8. The van der Waals surface area contributed by atoms with Crippen LogP contribution in [0.2, 0.25) is 0 Å². The fourth-order valence-corrected chi connectivity index (χ4v) is 3.50. The Morgan fingerprint density at radius 1 is 0.895 bits per heavy atom. The van der Waals surface area contributed by atoms with Crippen LogP contribution in [0.4, 0.5) is 0 Å². The highest BCUT2D eigenvalue weighted by atomic mass is 32.2. The fourth-order valence-electron chi connectivity index (χ4n) is 2.52. The second kappa shape index (κ2) is 11.6. The molecule has 19 heavy (non-hydrogen) atoms. The minimum absolute atomic E-state index is 0.156. The van der Waals surface area contributed by atoms with Gasteiger partial charge in [-0.15, -0.1) is 0 Å². The van der Waals surface area contributed by atoms with Crippen LogP contribution < -0.4 is 5.73 Å². The van der Waals surface area contributed by atoms with Crippen LogP contribution in [0.1, 0.15) is 57.8 Å². The molecule has 0 saturated carbocycles. The Hall–Kier alpha value is -0.220. The molecule has 0 aromatic carbocycles.